The molecule has 1 aliphatic carbocycles. The summed E-state index contributed by atoms with van der Waals surface area (Å²) in [5.74, 6) is 0.0183. The second-order valence-electron chi connectivity index (χ2n) is 7.04. The number of aliphatic hydroxyl groups is 1. The Morgan fingerprint density at radius 2 is 2.00 bits per heavy atom. The monoisotopic (exact) mass is 422 g/mol. The Morgan fingerprint density at radius 1 is 1.25 bits per heavy atom. The molecule has 0 spiro atoms. The first-order chi connectivity index (χ1) is 13.2. The van der Waals surface area contributed by atoms with Gasteiger partial charge in [-0.05, 0) is 36.1 Å². The van der Waals surface area contributed by atoms with Crippen LogP contribution < -0.4 is 10.0 Å². The van der Waals surface area contributed by atoms with Gasteiger partial charge in [0.15, 0.2) is 5.78 Å². The van der Waals surface area contributed by atoms with Crippen LogP contribution in [0.2, 0.25) is 5.02 Å². The Balaban J connectivity index is 1.58. The molecular formula is C20H23ClN2O4S. The van der Waals surface area contributed by atoms with Gasteiger partial charge < -0.3 is 10.4 Å². The van der Waals surface area contributed by atoms with E-state index < -0.39 is 16.1 Å². The predicted molar refractivity (Wildman–Crippen MR) is 110 cm³/mol. The number of aryl methyl sites for hydroxylation is 1. The van der Waals surface area contributed by atoms with Crippen LogP contribution in [-0.4, -0.2) is 38.7 Å². The van der Waals surface area contributed by atoms with Gasteiger partial charge in [-0.3, -0.25) is 9.52 Å². The van der Waals surface area contributed by atoms with Crippen molar-refractivity contribution in [3.05, 3.63) is 64.2 Å². The lowest BCUT2D eigenvalue weighted by Crippen LogP contribution is -2.34. The number of anilines is 1. The number of aliphatic hydroxyl groups excluding tert-OH is 1. The zero-order valence-corrected chi connectivity index (χ0v) is 17.1. The molecular weight excluding hydrogens is 400 g/mol. The molecule has 0 saturated heterocycles. The summed E-state index contributed by atoms with van der Waals surface area (Å²) in [6.07, 6.45) is 1.83. The van der Waals surface area contributed by atoms with Crippen LogP contribution in [0.4, 0.5) is 5.69 Å². The average Bonchev–Trinajstić information content (AvgIpc) is 2.64. The minimum Gasteiger partial charge on any atom is -0.387 e. The third-order valence-electron chi connectivity index (χ3n) is 4.81. The minimum absolute atomic E-state index is 0.116. The molecule has 8 heteroatoms. The molecule has 0 fully saturated rings. The van der Waals surface area contributed by atoms with Crippen molar-refractivity contribution in [2.24, 2.45) is 5.92 Å². The number of hydrogen-bond donors (Lipinski definition) is 3. The van der Waals surface area contributed by atoms with Gasteiger partial charge in [0.25, 0.3) is 0 Å². The highest BCUT2D eigenvalue weighted by Gasteiger charge is 2.26. The largest absolute Gasteiger partial charge is 0.387 e. The Labute approximate surface area is 170 Å². The topological polar surface area (TPSA) is 95.5 Å². The number of fused-ring (bicyclic) bond motifs is 1. The normalized spacial score (nSPS) is 17.8. The number of ketones is 1. The first-order valence-electron chi connectivity index (χ1n) is 9.03. The van der Waals surface area contributed by atoms with Crippen molar-refractivity contribution in [2.75, 3.05) is 24.1 Å². The van der Waals surface area contributed by atoms with Crippen LogP contribution in [-0.2, 0) is 16.4 Å². The number of sulfonamides is 1. The first kappa shape index (κ1) is 20.8. The molecule has 2 unspecified atom stereocenters. The van der Waals surface area contributed by atoms with E-state index in [2.05, 4.69) is 10.0 Å². The van der Waals surface area contributed by atoms with Gasteiger partial charge in [-0.25, -0.2) is 8.42 Å². The molecule has 2 atom stereocenters. The molecule has 150 valence electrons. The van der Waals surface area contributed by atoms with E-state index in [0.29, 0.717) is 12.1 Å². The maximum Gasteiger partial charge on any atom is 0.229 e. The molecule has 6 nitrogen and oxygen atoms in total. The predicted octanol–water partition coefficient (Wildman–Crippen LogP) is 2.78. The van der Waals surface area contributed by atoms with Crippen LogP contribution in [0.1, 0.15) is 34.0 Å². The van der Waals surface area contributed by atoms with E-state index in [-0.39, 0.29) is 29.0 Å². The van der Waals surface area contributed by atoms with Gasteiger partial charge in [-0.1, -0.05) is 41.9 Å². The Hall–Kier alpha value is -1.93. The molecule has 3 rings (SSSR count). The van der Waals surface area contributed by atoms with Crippen molar-refractivity contribution in [2.45, 2.75) is 18.9 Å². The SMILES string of the molecule is CS(=O)(=O)Nc1cc(C(O)CNCC2CCc3ccccc3C2=O)ccc1Cl. The van der Waals surface area contributed by atoms with Gasteiger partial charge in [0, 0.05) is 24.6 Å². The lowest BCUT2D eigenvalue weighted by atomic mass is 9.83. The quantitative estimate of drug-likeness (QED) is 0.637. The molecule has 2 aromatic carbocycles. The summed E-state index contributed by atoms with van der Waals surface area (Å²) in [6, 6.07) is 12.4. The van der Waals surface area contributed by atoms with E-state index in [9.17, 15) is 18.3 Å². The molecule has 2 aromatic rings. The van der Waals surface area contributed by atoms with E-state index in [1.165, 1.54) is 12.1 Å². The van der Waals surface area contributed by atoms with E-state index >= 15 is 0 Å². The number of nitrogens with one attached hydrogen (secondary N) is 2. The number of hydrogen-bond acceptors (Lipinski definition) is 5. The van der Waals surface area contributed by atoms with E-state index in [1.54, 1.807) is 6.07 Å². The van der Waals surface area contributed by atoms with E-state index in [0.717, 1.165) is 30.2 Å². The average molecular weight is 423 g/mol. The van der Waals surface area contributed by atoms with Crippen LogP contribution in [0, 0.1) is 5.92 Å². The van der Waals surface area contributed by atoms with E-state index in [4.69, 9.17) is 11.6 Å². The number of rotatable bonds is 7. The van der Waals surface area contributed by atoms with Crippen LogP contribution in [0.15, 0.2) is 42.5 Å². The number of carbonyl (C=O) groups is 1. The van der Waals surface area contributed by atoms with Gasteiger partial charge >= 0.3 is 0 Å². The van der Waals surface area contributed by atoms with Crippen molar-refractivity contribution in [1.29, 1.82) is 0 Å². The highest BCUT2D eigenvalue weighted by molar-refractivity contribution is 7.92. The zero-order valence-electron chi connectivity index (χ0n) is 15.5. The number of carbonyl (C=O) groups excluding carboxylic acids is 1. The maximum atomic E-state index is 12.6. The molecule has 28 heavy (non-hydrogen) atoms. The van der Waals surface area contributed by atoms with Gasteiger partial charge in [-0.15, -0.1) is 0 Å². The fraction of sp³-hybridized carbons (Fsp3) is 0.350. The molecule has 1 aliphatic rings. The molecule has 0 saturated carbocycles. The zero-order chi connectivity index (χ0) is 20.3. The van der Waals surface area contributed by atoms with Gasteiger partial charge in [0.2, 0.25) is 10.0 Å². The fourth-order valence-corrected chi connectivity index (χ4v) is 4.18. The van der Waals surface area contributed by atoms with Gasteiger partial charge in [0.1, 0.15) is 0 Å². The van der Waals surface area contributed by atoms with Crippen molar-refractivity contribution in [3.63, 3.8) is 0 Å². The molecule has 0 aromatic heterocycles. The standard InChI is InChI=1S/C20H23ClN2O4S/c1-28(26,27)23-18-10-14(8-9-17(18)21)19(24)12-22-11-15-7-6-13-4-2-3-5-16(13)20(15)25/h2-5,8-10,15,19,22-24H,6-7,11-12H2,1H3. The van der Waals surface area contributed by atoms with Crippen LogP contribution in [0.5, 0.6) is 0 Å². The summed E-state index contributed by atoms with van der Waals surface area (Å²) < 4.78 is 25.2. The summed E-state index contributed by atoms with van der Waals surface area (Å²) >= 11 is 6.01. The third-order valence-corrected chi connectivity index (χ3v) is 5.74. The smallest absolute Gasteiger partial charge is 0.229 e. The lowest BCUT2D eigenvalue weighted by Gasteiger charge is -2.24. The second-order valence-corrected chi connectivity index (χ2v) is 9.20. The van der Waals surface area contributed by atoms with Gasteiger partial charge in [0.05, 0.1) is 23.1 Å². The highest BCUT2D eigenvalue weighted by atomic mass is 35.5. The summed E-state index contributed by atoms with van der Waals surface area (Å²) in [5.41, 5.74) is 2.63. The van der Waals surface area contributed by atoms with Crippen LogP contribution in [0.25, 0.3) is 0 Å². The molecule has 0 amide bonds. The lowest BCUT2D eigenvalue weighted by molar-refractivity contribution is 0.0895. The molecule has 0 aliphatic heterocycles. The summed E-state index contributed by atoms with van der Waals surface area (Å²) in [6.45, 7) is 0.720. The molecule has 0 bridgehead atoms. The Bertz CT molecular complexity index is 978. The Kier molecular flexibility index (Phi) is 6.40. The fourth-order valence-electron chi connectivity index (χ4n) is 3.39. The maximum absolute atomic E-state index is 12.6. The Morgan fingerprint density at radius 3 is 2.75 bits per heavy atom. The van der Waals surface area contributed by atoms with Gasteiger partial charge in [-0.2, -0.15) is 0 Å². The summed E-state index contributed by atoms with van der Waals surface area (Å²) in [7, 11) is -3.47. The van der Waals surface area contributed by atoms with Crippen molar-refractivity contribution in [1.82, 2.24) is 5.32 Å². The summed E-state index contributed by atoms with van der Waals surface area (Å²) in [4.78, 5) is 12.6. The number of Topliss-reactive ketones (excluding diaryl/α,β-unsaturated/α-hetero) is 1. The molecule has 3 N–H and O–H groups in total. The highest BCUT2D eigenvalue weighted by Crippen LogP contribution is 2.27. The third kappa shape index (κ3) is 5.11. The molecule has 0 heterocycles. The van der Waals surface area contributed by atoms with E-state index in [1.807, 2.05) is 24.3 Å². The minimum atomic E-state index is -3.47. The number of benzene rings is 2. The van der Waals surface area contributed by atoms with Crippen LogP contribution in [0.3, 0.4) is 0 Å². The number of halogens is 1. The molecule has 0 radical (unpaired) electrons. The van der Waals surface area contributed by atoms with Crippen molar-refractivity contribution < 1.29 is 18.3 Å². The van der Waals surface area contributed by atoms with Crippen molar-refractivity contribution >= 4 is 33.1 Å². The summed E-state index contributed by atoms with van der Waals surface area (Å²) in [5, 5.41) is 13.8. The van der Waals surface area contributed by atoms with Crippen LogP contribution >= 0.6 is 11.6 Å². The second kappa shape index (κ2) is 8.61. The van der Waals surface area contributed by atoms with Crippen molar-refractivity contribution in [3.8, 4) is 0 Å². The first-order valence-corrected chi connectivity index (χ1v) is 11.3.